The van der Waals surface area contributed by atoms with Crippen LogP contribution in [0.1, 0.15) is 33.1 Å². The van der Waals surface area contributed by atoms with Gasteiger partial charge in [-0.3, -0.25) is 4.79 Å². The third kappa shape index (κ3) is 1.65. The molecule has 0 aromatic heterocycles. The highest BCUT2D eigenvalue weighted by atomic mass is 16.2. The van der Waals surface area contributed by atoms with Crippen molar-refractivity contribution in [1.82, 2.24) is 10.2 Å². The van der Waals surface area contributed by atoms with E-state index in [2.05, 4.69) is 24.1 Å². The quantitative estimate of drug-likeness (QED) is 0.678. The molecule has 2 fully saturated rings. The lowest BCUT2D eigenvalue weighted by molar-refractivity contribution is -0.136. The van der Waals surface area contributed by atoms with Gasteiger partial charge in [-0.2, -0.15) is 0 Å². The summed E-state index contributed by atoms with van der Waals surface area (Å²) in [6.07, 6.45) is 3.72. The van der Waals surface area contributed by atoms with Crippen LogP contribution in [0, 0.1) is 5.41 Å². The van der Waals surface area contributed by atoms with Crippen LogP contribution in [0.2, 0.25) is 0 Å². The number of nitrogens with one attached hydrogen (secondary N) is 1. The van der Waals surface area contributed by atoms with E-state index in [0.29, 0.717) is 18.0 Å². The van der Waals surface area contributed by atoms with Crippen LogP contribution in [0.3, 0.4) is 0 Å². The van der Waals surface area contributed by atoms with Gasteiger partial charge in [0, 0.05) is 19.1 Å². The lowest BCUT2D eigenvalue weighted by Gasteiger charge is -2.39. The molecule has 2 rings (SSSR count). The standard InChI is InChI=1S/C11H20N2O/c1-11(2)5-3-4-9(11)13-7-6-12-8-10(13)14/h9,12H,3-8H2,1-2H3. The Bertz CT molecular complexity index is 237. The molecule has 1 heterocycles. The molecule has 1 unspecified atom stereocenters. The topological polar surface area (TPSA) is 32.3 Å². The number of carbonyl (C=O) groups is 1. The predicted molar refractivity (Wildman–Crippen MR) is 56.0 cm³/mol. The van der Waals surface area contributed by atoms with E-state index in [0.717, 1.165) is 13.1 Å². The lowest BCUT2D eigenvalue weighted by Crippen LogP contribution is -2.55. The van der Waals surface area contributed by atoms with E-state index < -0.39 is 0 Å². The molecule has 1 amide bonds. The van der Waals surface area contributed by atoms with Crippen LogP contribution in [-0.4, -0.2) is 36.5 Å². The molecule has 2 aliphatic rings. The van der Waals surface area contributed by atoms with Crippen molar-refractivity contribution in [1.29, 1.82) is 0 Å². The molecule has 1 N–H and O–H groups in total. The van der Waals surface area contributed by atoms with Gasteiger partial charge < -0.3 is 10.2 Å². The largest absolute Gasteiger partial charge is 0.337 e. The fourth-order valence-corrected chi connectivity index (χ4v) is 2.84. The van der Waals surface area contributed by atoms with Crippen LogP contribution in [0.5, 0.6) is 0 Å². The first-order valence-corrected chi connectivity index (χ1v) is 5.61. The maximum absolute atomic E-state index is 11.7. The zero-order valence-electron chi connectivity index (χ0n) is 9.18. The molecule has 3 nitrogen and oxygen atoms in total. The van der Waals surface area contributed by atoms with Gasteiger partial charge in [-0.05, 0) is 18.3 Å². The highest BCUT2D eigenvalue weighted by Crippen LogP contribution is 2.40. The molecule has 0 bridgehead atoms. The maximum atomic E-state index is 11.7. The summed E-state index contributed by atoms with van der Waals surface area (Å²) < 4.78 is 0. The molecular weight excluding hydrogens is 176 g/mol. The van der Waals surface area contributed by atoms with Crippen molar-refractivity contribution < 1.29 is 4.79 Å². The van der Waals surface area contributed by atoms with E-state index in [-0.39, 0.29) is 5.91 Å². The molecule has 0 radical (unpaired) electrons. The SMILES string of the molecule is CC1(C)CCCC1N1CCNCC1=O. The van der Waals surface area contributed by atoms with Crippen LogP contribution in [-0.2, 0) is 4.79 Å². The summed E-state index contributed by atoms with van der Waals surface area (Å²) in [7, 11) is 0. The Balaban J connectivity index is 2.09. The number of carbonyl (C=O) groups excluding carboxylic acids is 1. The van der Waals surface area contributed by atoms with Crippen molar-refractivity contribution in [3.8, 4) is 0 Å². The highest BCUT2D eigenvalue weighted by molar-refractivity contribution is 5.79. The van der Waals surface area contributed by atoms with E-state index in [4.69, 9.17) is 0 Å². The third-order valence-electron chi connectivity index (χ3n) is 3.70. The summed E-state index contributed by atoms with van der Waals surface area (Å²) in [6.45, 7) is 6.97. The second kappa shape index (κ2) is 3.54. The summed E-state index contributed by atoms with van der Waals surface area (Å²) >= 11 is 0. The number of nitrogens with zero attached hydrogens (tertiary/aromatic N) is 1. The summed E-state index contributed by atoms with van der Waals surface area (Å²) in [4.78, 5) is 13.8. The summed E-state index contributed by atoms with van der Waals surface area (Å²) in [6, 6.07) is 0.483. The minimum atomic E-state index is 0.288. The monoisotopic (exact) mass is 196 g/mol. The van der Waals surface area contributed by atoms with E-state index in [1.54, 1.807) is 0 Å². The van der Waals surface area contributed by atoms with Gasteiger partial charge in [0.25, 0.3) is 0 Å². The molecule has 0 aromatic carbocycles. The van der Waals surface area contributed by atoms with Crippen LogP contribution in [0.4, 0.5) is 0 Å². The van der Waals surface area contributed by atoms with Crippen molar-refractivity contribution in [2.75, 3.05) is 19.6 Å². The van der Waals surface area contributed by atoms with Crippen LogP contribution in [0.25, 0.3) is 0 Å². The fraction of sp³-hybridized carbons (Fsp3) is 0.909. The molecule has 1 atom stereocenters. The first-order chi connectivity index (χ1) is 6.61. The molecule has 3 heteroatoms. The van der Waals surface area contributed by atoms with Gasteiger partial charge >= 0.3 is 0 Å². The molecule has 0 aromatic rings. The minimum Gasteiger partial charge on any atom is -0.337 e. The normalized spacial score (nSPS) is 32.3. The van der Waals surface area contributed by atoms with Gasteiger partial charge in [0.05, 0.1) is 6.54 Å². The Kier molecular flexibility index (Phi) is 2.52. The Morgan fingerprint density at radius 2 is 2.29 bits per heavy atom. The van der Waals surface area contributed by atoms with E-state index in [1.165, 1.54) is 19.3 Å². The lowest BCUT2D eigenvalue weighted by atomic mass is 9.86. The average molecular weight is 196 g/mol. The zero-order chi connectivity index (χ0) is 10.2. The number of piperazine rings is 1. The predicted octanol–water partition coefficient (Wildman–Crippen LogP) is 0.997. The van der Waals surface area contributed by atoms with Gasteiger partial charge in [-0.15, -0.1) is 0 Å². The highest BCUT2D eigenvalue weighted by Gasteiger charge is 2.40. The average Bonchev–Trinajstić information content (AvgIpc) is 2.46. The van der Waals surface area contributed by atoms with E-state index in [1.807, 2.05) is 0 Å². The van der Waals surface area contributed by atoms with Gasteiger partial charge in [-0.25, -0.2) is 0 Å². The number of rotatable bonds is 1. The molecule has 0 spiro atoms. The Morgan fingerprint density at radius 3 is 2.86 bits per heavy atom. The zero-order valence-corrected chi connectivity index (χ0v) is 9.18. The fourth-order valence-electron chi connectivity index (χ4n) is 2.84. The number of hydrogen-bond acceptors (Lipinski definition) is 2. The van der Waals surface area contributed by atoms with E-state index in [9.17, 15) is 4.79 Å². The molecule has 80 valence electrons. The van der Waals surface area contributed by atoms with Gasteiger partial charge in [0.2, 0.25) is 5.91 Å². The smallest absolute Gasteiger partial charge is 0.236 e. The first-order valence-electron chi connectivity index (χ1n) is 5.61. The second-order valence-electron chi connectivity index (χ2n) is 5.16. The summed E-state index contributed by atoms with van der Waals surface area (Å²) in [5, 5.41) is 3.12. The molecule has 1 aliphatic heterocycles. The molecule has 1 saturated heterocycles. The summed E-state index contributed by atoms with van der Waals surface area (Å²) in [5.41, 5.74) is 0.326. The second-order valence-corrected chi connectivity index (χ2v) is 5.16. The minimum absolute atomic E-state index is 0.288. The van der Waals surface area contributed by atoms with E-state index >= 15 is 0 Å². The van der Waals surface area contributed by atoms with Crippen molar-refractivity contribution >= 4 is 5.91 Å². The Morgan fingerprint density at radius 1 is 1.50 bits per heavy atom. The Hall–Kier alpha value is -0.570. The molecule has 14 heavy (non-hydrogen) atoms. The maximum Gasteiger partial charge on any atom is 0.236 e. The number of hydrogen-bond donors (Lipinski definition) is 1. The van der Waals surface area contributed by atoms with Crippen LogP contribution < -0.4 is 5.32 Å². The van der Waals surface area contributed by atoms with Crippen LogP contribution >= 0.6 is 0 Å². The number of amides is 1. The summed E-state index contributed by atoms with van der Waals surface area (Å²) in [5.74, 6) is 0.288. The van der Waals surface area contributed by atoms with Gasteiger partial charge in [-0.1, -0.05) is 20.3 Å². The van der Waals surface area contributed by atoms with Gasteiger partial charge in [0.1, 0.15) is 0 Å². The van der Waals surface area contributed by atoms with Gasteiger partial charge in [0.15, 0.2) is 0 Å². The van der Waals surface area contributed by atoms with Crippen molar-refractivity contribution in [2.45, 2.75) is 39.2 Å². The Labute approximate surface area is 85.8 Å². The first kappa shape index (κ1) is 9.97. The molecule has 1 aliphatic carbocycles. The molecule has 1 saturated carbocycles. The van der Waals surface area contributed by atoms with Crippen LogP contribution in [0.15, 0.2) is 0 Å². The van der Waals surface area contributed by atoms with Crippen molar-refractivity contribution in [3.63, 3.8) is 0 Å². The molecular formula is C11H20N2O. The third-order valence-corrected chi connectivity index (χ3v) is 3.70. The van der Waals surface area contributed by atoms with Crippen molar-refractivity contribution in [3.05, 3.63) is 0 Å². The van der Waals surface area contributed by atoms with Crippen molar-refractivity contribution in [2.24, 2.45) is 5.41 Å².